The average molecular weight is 280 g/mol. The summed E-state index contributed by atoms with van der Waals surface area (Å²) in [6.07, 6.45) is 4.53. The summed E-state index contributed by atoms with van der Waals surface area (Å²) in [6.45, 7) is 15.6. The Hall–Kier alpha value is -1.09. The molecule has 0 bridgehead atoms. The summed E-state index contributed by atoms with van der Waals surface area (Å²) >= 11 is 0. The first-order valence-electron chi connectivity index (χ1n) is 7.27. The van der Waals surface area contributed by atoms with Crippen LogP contribution in [0.3, 0.4) is 0 Å². The molecule has 0 aromatic heterocycles. The normalized spacial score (nSPS) is 30.6. The third kappa shape index (κ3) is 3.72. The predicted octanol–water partition coefficient (Wildman–Crippen LogP) is 3.49. The molecule has 0 spiro atoms. The first kappa shape index (κ1) is 17.0. The minimum Gasteiger partial charge on any atom is -0.465 e. The van der Waals surface area contributed by atoms with Gasteiger partial charge in [-0.25, -0.2) is 0 Å². The molecule has 1 N–H and O–H groups in total. The fraction of sp³-hybridized carbons (Fsp3) is 0.706. The topological polar surface area (TPSA) is 46.5 Å². The fourth-order valence-electron chi connectivity index (χ4n) is 3.30. The van der Waals surface area contributed by atoms with E-state index in [1.54, 1.807) is 0 Å². The molecule has 114 valence electrons. The molecule has 0 aromatic rings. The first-order chi connectivity index (χ1) is 9.12. The van der Waals surface area contributed by atoms with Gasteiger partial charge in [-0.15, -0.1) is 6.58 Å². The summed E-state index contributed by atoms with van der Waals surface area (Å²) in [4.78, 5) is 11.1. The lowest BCUT2D eigenvalue weighted by Crippen LogP contribution is -2.45. The summed E-state index contributed by atoms with van der Waals surface area (Å²) < 4.78 is 5.26. The molecule has 0 saturated heterocycles. The number of carbonyl (C=O) groups excluding carboxylic acids is 1. The summed E-state index contributed by atoms with van der Waals surface area (Å²) in [5.74, 6) is 0.149. The molecule has 1 aliphatic carbocycles. The molecule has 0 aromatic carbocycles. The van der Waals surface area contributed by atoms with Gasteiger partial charge in [0.2, 0.25) is 0 Å². The second-order valence-electron chi connectivity index (χ2n) is 6.74. The van der Waals surface area contributed by atoms with Gasteiger partial charge in [0, 0.05) is 12.3 Å². The number of allylic oxidation sites excluding steroid dienone is 1. The Morgan fingerprint density at radius 3 is 2.50 bits per heavy atom. The lowest BCUT2D eigenvalue weighted by Gasteiger charge is -2.47. The van der Waals surface area contributed by atoms with Gasteiger partial charge in [0.1, 0.15) is 6.61 Å². The maximum atomic E-state index is 11.1. The fourth-order valence-corrected chi connectivity index (χ4v) is 3.30. The number of hydrogen-bond acceptors (Lipinski definition) is 3. The second kappa shape index (κ2) is 6.13. The number of hydrogen-bond donors (Lipinski definition) is 1. The van der Waals surface area contributed by atoms with Crippen molar-refractivity contribution in [3.63, 3.8) is 0 Å². The van der Waals surface area contributed by atoms with Gasteiger partial charge in [0.25, 0.3) is 0 Å². The van der Waals surface area contributed by atoms with Crippen LogP contribution in [-0.2, 0) is 9.53 Å². The highest BCUT2D eigenvalue weighted by atomic mass is 16.5. The highest BCUT2D eigenvalue weighted by Gasteiger charge is 2.45. The molecule has 3 heteroatoms. The van der Waals surface area contributed by atoms with Crippen molar-refractivity contribution in [2.75, 3.05) is 6.61 Å². The Balaban J connectivity index is 2.98. The van der Waals surface area contributed by atoms with Gasteiger partial charge >= 0.3 is 5.97 Å². The molecule has 0 aliphatic heterocycles. The molecule has 1 saturated carbocycles. The molecule has 3 atom stereocenters. The van der Waals surface area contributed by atoms with E-state index in [0.29, 0.717) is 6.61 Å². The molecule has 20 heavy (non-hydrogen) atoms. The van der Waals surface area contributed by atoms with Gasteiger partial charge in [-0.3, -0.25) is 4.79 Å². The van der Waals surface area contributed by atoms with E-state index >= 15 is 0 Å². The smallest absolute Gasteiger partial charge is 0.302 e. The van der Waals surface area contributed by atoms with Crippen LogP contribution < -0.4 is 0 Å². The molecule has 0 amide bonds. The second-order valence-corrected chi connectivity index (χ2v) is 6.74. The van der Waals surface area contributed by atoms with Crippen LogP contribution >= 0.6 is 0 Å². The number of aliphatic hydroxyl groups is 1. The molecule has 3 nitrogen and oxygen atoms in total. The van der Waals surface area contributed by atoms with Crippen LogP contribution in [0.2, 0.25) is 0 Å². The molecule has 1 aliphatic rings. The number of rotatable bonds is 5. The van der Waals surface area contributed by atoms with Crippen molar-refractivity contribution in [2.24, 2.45) is 17.3 Å². The quantitative estimate of drug-likeness (QED) is 0.619. The standard InChI is InChI=1S/C17H28O3/c1-7-17(11-20-13(4)18)9-8-14(16(5,6)19)10-15(17)12(2)3/h7,14-15,19H,1-2,8-11H2,3-6H3. The van der Waals surface area contributed by atoms with Gasteiger partial charge in [-0.1, -0.05) is 18.2 Å². The van der Waals surface area contributed by atoms with Crippen molar-refractivity contribution in [3.8, 4) is 0 Å². The van der Waals surface area contributed by atoms with Crippen LogP contribution in [0.1, 0.15) is 47.0 Å². The van der Waals surface area contributed by atoms with Gasteiger partial charge in [0.15, 0.2) is 0 Å². The first-order valence-corrected chi connectivity index (χ1v) is 7.27. The maximum Gasteiger partial charge on any atom is 0.302 e. The van der Waals surface area contributed by atoms with E-state index in [9.17, 15) is 9.90 Å². The maximum absolute atomic E-state index is 11.1. The van der Waals surface area contributed by atoms with E-state index in [-0.39, 0.29) is 23.2 Å². The molecule has 0 heterocycles. The van der Waals surface area contributed by atoms with E-state index in [1.165, 1.54) is 6.92 Å². The lowest BCUT2D eigenvalue weighted by molar-refractivity contribution is -0.146. The largest absolute Gasteiger partial charge is 0.465 e. The van der Waals surface area contributed by atoms with Crippen LogP contribution in [0, 0.1) is 17.3 Å². The minimum absolute atomic E-state index is 0.185. The minimum atomic E-state index is -0.692. The molecule has 0 radical (unpaired) electrons. The zero-order valence-electron chi connectivity index (χ0n) is 13.2. The molecule has 3 unspecified atom stereocenters. The number of esters is 1. The summed E-state index contributed by atoms with van der Waals surface area (Å²) in [5, 5.41) is 10.3. The summed E-state index contributed by atoms with van der Waals surface area (Å²) in [6, 6.07) is 0. The monoisotopic (exact) mass is 280 g/mol. The van der Waals surface area contributed by atoms with E-state index in [2.05, 4.69) is 13.2 Å². The SMILES string of the molecule is C=CC1(COC(C)=O)CCC(C(C)(C)O)CC1C(=C)C. The van der Waals surface area contributed by atoms with Crippen LogP contribution in [0.4, 0.5) is 0 Å². The summed E-state index contributed by atoms with van der Waals surface area (Å²) in [7, 11) is 0. The Labute approximate surface area is 122 Å². The van der Waals surface area contributed by atoms with Gasteiger partial charge in [-0.2, -0.15) is 0 Å². The Morgan fingerprint density at radius 2 is 2.10 bits per heavy atom. The Morgan fingerprint density at radius 1 is 1.50 bits per heavy atom. The molecular formula is C17H28O3. The highest BCUT2D eigenvalue weighted by Crippen LogP contribution is 2.50. The highest BCUT2D eigenvalue weighted by molar-refractivity contribution is 5.66. The van der Waals surface area contributed by atoms with Crippen molar-refractivity contribution in [2.45, 2.75) is 52.6 Å². The van der Waals surface area contributed by atoms with Crippen LogP contribution in [0.25, 0.3) is 0 Å². The molecular weight excluding hydrogens is 252 g/mol. The third-order valence-electron chi connectivity index (χ3n) is 4.72. The molecule has 1 fully saturated rings. The van der Waals surface area contributed by atoms with Crippen LogP contribution in [0.15, 0.2) is 24.8 Å². The zero-order valence-corrected chi connectivity index (χ0v) is 13.2. The van der Waals surface area contributed by atoms with Gasteiger partial charge in [-0.05, 0) is 51.9 Å². The van der Waals surface area contributed by atoms with Crippen molar-refractivity contribution in [1.82, 2.24) is 0 Å². The lowest BCUT2D eigenvalue weighted by atomic mass is 9.59. The zero-order chi connectivity index (χ0) is 15.6. The van der Waals surface area contributed by atoms with Crippen molar-refractivity contribution in [3.05, 3.63) is 24.8 Å². The van der Waals surface area contributed by atoms with Crippen molar-refractivity contribution in [1.29, 1.82) is 0 Å². The molecule has 1 rings (SSSR count). The van der Waals surface area contributed by atoms with Gasteiger partial charge in [0.05, 0.1) is 5.60 Å². The predicted molar refractivity (Wildman–Crippen MR) is 81.2 cm³/mol. The summed E-state index contributed by atoms with van der Waals surface area (Å²) in [5.41, 5.74) is 0.118. The van der Waals surface area contributed by atoms with Gasteiger partial charge < -0.3 is 9.84 Å². The van der Waals surface area contributed by atoms with Crippen LogP contribution in [-0.4, -0.2) is 23.3 Å². The van der Waals surface area contributed by atoms with Crippen molar-refractivity contribution >= 4 is 5.97 Å². The van der Waals surface area contributed by atoms with E-state index in [4.69, 9.17) is 4.74 Å². The Kier molecular flexibility index (Phi) is 5.20. The number of ether oxygens (including phenoxy) is 1. The Bertz CT molecular complexity index is 392. The van der Waals surface area contributed by atoms with E-state index < -0.39 is 5.60 Å². The van der Waals surface area contributed by atoms with E-state index in [1.807, 2.05) is 26.8 Å². The number of carbonyl (C=O) groups is 1. The van der Waals surface area contributed by atoms with Crippen molar-refractivity contribution < 1.29 is 14.6 Å². The van der Waals surface area contributed by atoms with E-state index in [0.717, 1.165) is 24.8 Å². The average Bonchev–Trinajstić information content (AvgIpc) is 2.34. The third-order valence-corrected chi connectivity index (χ3v) is 4.72. The van der Waals surface area contributed by atoms with Crippen LogP contribution in [0.5, 0.6) is 0 Å².